The monoisotopic (exact) mass is 259 g/mol. The first-order valence-electron chi connectivity index (χ1n) is 5.46. The van der Waals surface area contributed by atoms with Crippen molar-refractivity contribution in [1.82, 2.24) is 5.32 Å². The zero-order valence-corrected chi connectivity index (χ0v) is 9.94. The van der Waals surface area contributed by atoms with Crippen LogP contribution in [-0.2, 0) is 14.3 Å². The van der Waals surface area contributed by atoms with E-state index < -0.39 is 43.2 Å². The molecule has 1 rings (SSSR count). The minimum Gasteiger partial charge on any atom is -0.394 e. The number of hydrogen-bond acceptors (Lipinski definition) is 6. The lowest BCUT2D eigenvalue weighted by atomic mass is 9.97. The second kappa shape index (κ2) is 6.68. The summed E-state index contributed by atoms with van der Waals surface area (Å²) in [6.45, 7) is 0.693. The van der Waals surface area contributed by atoms with E-state index in [0.29, 0.717) is 0 Å². The van der Waals surface area contributed by atoms with Gasteiger partial charge in [0.05, 0.1) is 6.61 Å². The van der Waals surface area contributed by atoms with Crippen LogP contribution in [0.3, 0.4) is 0 Å². The summed E-state index contributed by atoms with van der Waals surface area (Å²) in [4.78, 5) is 11.0. The Morgan fingerprint density at radius 1 is 1.50 bits per heavy atom. The normalized spacial score (nSPS) is 35.8. The second-order valence-electron chi connectivity index (χ2n) is 3.95. The molecule has 1 amide bonds. The van der Waals surface area contributed by atoms with Gasteiger partial charge in [-0.15, -0.1) is 6.42 Å². The van der Waals surface area contributed by atoms with Crippen molar-refractivity contribution in [3.63, 3.8) is 0 Å². The molecule has 1 saturated heterocycles. The Hall–Kier alpha value is -1.17. The third-order valence-electron chi connectivity index (χ3n) is 2.58. The molecule has 1 fully saturated rings. The van der Waals surface area contributed by atoms with Crippen LogP contribution in [0.25, 0.3) is 0 Å². The van der Waals surface area contributed by atoms with Crippen LogP contribution in [0.2, 0.25) is 0 Å². The quantitative estimate of drug-likeness (QED) is 0.418. The molecule has 18 heavy (non-hydrogen) atoms. The Bertz CT molecular complexity index is 328. The van der Waals surface area contributed by atoms with Gasteiger partial charge in [0.2, 0.25) is 5.91 Å². The van der Waals surface area contributed by atoms with Crippen LogP contribution < -0.4 is 5.32 Å². The van der Waals surface area contributed by atoms with E-state index >= 15 is 0 Å². The molecule has 0 spiro atoms. The van der Waals surface area contributed by atoms with Crippen molar-refractivity contribution in [3.05, 3.63) is 0 Å². The predicted octanol–water partition coefficient (Wildman–Crippen LogP) is -2.42. The summed E-state index contributed by atoms with van der Waals surface area (Å²) < 4.78 is 10.4. The lowest BCUT2D eigenvalue weighted by Crippen LogP contribution is -2.64. The van der Waals surface area contributed by atoms with Gasteiger partial charge < -0.3 is 30.1 Å². The van der Waals surface area contributed by atoms with Gasteiger partial charge in [-0.3, -0.25) is 4.79 Å². The number of aliphatic hydroxyl groups is 3. The molecule has 0 aliphatic carbocycles. The number of ether oxygens (including phenoxy) is 2. The molecular weight excluding hydrogens is 242 g/mol. The summed E-state index contributed by atoms with van der Waals surface area (Å²) in [6.07, 6.45) is 0.383. The Balaban J connectivity index is 2.80. The van der Waals surface area contributed by atoms with Gasteiger partial charge in [-0.25, -0.2) is 0 Å². The second-order valence-corrected chi connectivity index (χ2v) is 3.95. The Labute approximate surface area is 105 Å². The van der Waals surface area contributed by atoms with E-state index in [9.17, 15) is 15.0 Å². The third-order valence-corrected chi connectivity index (χ3v) is 2.58. The highest BCUT2D eigenvalue weighted by Gasteiger charge is 2.45. The van der Waals surface area contributed by atoms with Crippen LogP contribution in [0.15, 0.2) is 0 Å². The molecule has 0 aromatic rings. The Kier molecular flexibility index (Phi) is 5.53. The van der Waals surface area contributed by atoms with Crippen molar-refractivity contribution in [1.29, 1.82) is 0 Å². The van der Waals surface area contributed by atoms with Gasteiger partial charge in [-0.05, 0) is 0 Å². The van der Waals surface area contributed by atoms with E-state index in [2.05, 4.69) is 11.2 Å². The molecule has 4 N–H and O–H groups in total. The minimum atomic E-state index is -1.32. The van der Waals surface area contributed by atoms with E-state index in [1.165, 1.54) is 6.92 Å². The van der Waals surface area contributed by atoms with Crippen LogP contribution in [-0.4, -0.2) is 65.1 Å². The Morgan fingerprint density at radius 2 is 2.17 bits per heavy atom. The molecule has 1 heterocycles. The van der Waals surface area contributed by atoms with Gasteiger partial charge in [0.1, 0.15) is 31.0 Å². The van der Waals surface area contributed by atoms with Gasteiger partial charge in [0.15, 0.2) is 6.29 Å². The minimum absolute atomic E-state index is 0.0816. The van der Waals surface area contributed by atoms with Gasteiger partial charge in [0.25, 0.3) is 0 Å². The highest BCUT2D eigenvalue weighted by Crippen LogP contribution is 2.21. The third kappa shape index (κ3) is 3.41. The SMILES string of the molecule is C#CCO[C@@H]1O[C@H](CO)[C@H](O)[C@H](O)[C@H]1NC(C)=O. The molecule has 1 aliphatic heterocycles. The largest absolute Gasteiger partial charge is 0.394 e. The van der Waals surface area contributed by atoms with Gasteiger partial charge >= 0.3 is 0 Å². The number of amides is 1. The molecule has 102 valence electrons. The van der Waals surface area contributed by atoms with Crippen LogP contribution in [0, 0.1) is 12.3 Å². The molecule has 0 unspecified atom stereocenters. The lowest BCUT2D eigenvalue weighted by Gasteiger charge is -2.41. The highest BCUT2D eigenvalue weighted by molar-refractivity contribution is 5.73. The maximum absolute atomic E-state index is 11.0. The first-order chi connectivity index (χ1) is 8.51. The van der Waals surface area contributed by atoms with E-state index in [1.54, 1.807) is 0 Å². The Morgan fingerprint density at radius 3 is 2.67 bits per heavy atom. The number of carbonyl (C=O) groups is 1. The maximum atomic E-state index is 11.0. The van der Waals surface area contributed by atoms with Crippen molar-refractivity contribution in [2.45, 2.75) is 37.6 Å². The smallest absolute Gasteiger partial charge is 0.217 e. The van der Waals surface area contributed by atoms with Crippen molar-refractivity contribution in [2.24, 2.45) is 0 Å². The number of carbonyl (C=O) groups excluding carboxylic acids is 1. The van der Waals surface area contributed by atoms with Gasteiger partial charge in [-0.1, -0.05) is 5.92 Å². The van der Waals surface area contributed by atoms with Gasteiger partial charge in [0, 0.05) is 6.92 Å². The van der Waals surface area contributed by atoms with Crippen molar-refractivity contribution < 1.29 is 29.6 Å². The summed E-state index contributed by atoms with van der Waals surface area (Å²) >= 11 is 0. The fourth-order valence-electron chi connectivity index (χ4n) is 1.74. The van der Waals surface area contributed by atoms with Crippen molar-refractivity contribution in [3.8, 4) is 12.3 Å². The molecule has 7 nitrogen and oxygen atoms in total. The number of terminal acetylenes is 1. The highest BCUT2D eigenvalue weighted by atomic mass is 16.7. The van der Waals surface area contributed by atoms with E-state index in [0.717, 1.165) is 0 Å². The molecule has 5 atom stereocenters. The summed E-state index contributed by atoms with van der Waals surface area (Å²) in [5.41, 5.74) is 0. The van der Waals surface area contributed by atoms with E-state index in [-0.39, 0.29) is 6.61 Å². The van der Waals surface area contributed by atoms with Crippen molar-refractivity contribution in [2.75, 3.05) is 13.2 Å². The molecule has 0 radical (unpaired) electrons. The number of aliphatic hydroxyl groups excluding tert-OH is 3. The number of hydrogen-bond donors (Lipinski definition) is 4. The van der Waals surface area contributed by atoms with E-state index in [1.807, 2.05) is 0 Å². The van der Waals surface area contributed by atoms with Crippen LogP contribution in [0.5, 0.6) is 0 Å². The standard InChI is InChI=1S/C11H17NO6/c1-3-4-17-11-8(12-6(2)14)10(16)9(15)7(5-13)18-11/h1,7-11,13,15-16H,4-5H2,2H3,(H,12,14)/t7-,8-,9+,10-,11-/m1/s1. The molecule has 7 heteroatoms. The summed E-state index contributed by atoms with van der Waals surface area (Å²) in [5, 5.41) is 31.0. The molecule has 0 aromatic carbocycles. The summed E-state index contributed by atoms with van der Waals surface area (Å²) in [6, 6.07) is -0.950. The van der Waals surface area contributed by atoms with Crippen LogP contribution in [0.1, 0.15) is 6.92 Å². The first-order valence-corrected chi connectivity index (χ1v) is 5.46. The average Bonchev–Trinajstić information content (AvgIpc) is 2.33. The molecular formula is C11H17NO6. The topological polar surface area (TPSA) is 108 Å². The fraction of sp³-hybridized carbons (Fsp3) is 0.727. The lowest BCUT2D eigenvalue weighted by molar-refractivity contribution is -0.266. The van der Waals surface area contributed by atoms with Crippen molar-refractivity contribution >= 4 is 5.91 Å². The average molecular weight is 259 g/mol. The number of nitrogens with one attached hydrogen (secondary N) is 1. The van der Waals surface area contributed by atoms with E-state index in [4.69, 9.17) is 21.0 Å². The maximum Gasteiger partial charge on any atom is 0.217 e. The fourth-order valence-corrected chi connectivity index (χ4v) is 1.74. The predicted molar refractivity (Wildman–Crippen MR) is 60.2 cm³/mol. The number of rotatable bonds is 4. The van der Waals surface area contributed by atoms with Crippen LogP contribution >= 0.6 is 0 Å². The summed E-state index contributed by atoms with van der Waals surface area (Å²) in [7, 11) is 0. The van der Waals surface area contributed by atoms with Gasteiger partial charge in [-0.2, -0.15) is 0 Å². The first kappa shape index (κ1) is 14.9. The zero-order valence-electron chi connectivity index (χ0n) is 9.94. The zero-order chi connectivity index (χ0) is 13.7. The van der Waals surface area contributed by atoms with Crippen LogP contribution in [0.4, 0.5) is 0 Å². The molecule has 1 aliphatic rings. The molecule has 0 saturated carbocycles. The summed E-state index contributed by atoms with van der Waals surface area (Å²) in [5.74, 6) is 1.82. The molecule has 0 bridgehead atoms. The molecule has 0 aromatic heterocycles.